The zero-order valence-electron chi connectivity index (χ0n) is 18.6. The molecule has 0 bridgehead atoms. The summed E-state index contributed by atoms with van der Waals surface area (Å²) in [6.45, 7) is 5.59. The van der Waals surface area contributed by atoms with Gasteiger partial charge in [0.1, 0.15) is 5.69 Å². The molecule has 31 heavy (non-hydrogen) atoms. The number of nitrogens with zero attached hydrogens (tertiary/aromatic N) is 5. The Labute approximate surface area is 183 Å². The maximum Gasteiger partial charge on any atom is 0.309 e. The number of hydrogen-bond donors (Lipinski definition) is 1. The van der Waals surface area contributed by atoms with Crippen molar-refractivity contribution in [2.24, 2.45) is 11.8 Å². The molecular weight excluding hydrogens is 392 g/mol. The number of piperidine rings is 1. The standard InChI is InChI=1S/C23H32N6O2/c1-3-31-22(30)18-10-13-28(14-11-18)12-6-9-20-19-15-25-23(24-2)26-21(19)29(27-20)16-17-7-4-5-8-17/h15,17-18H,3-5,7-8,10-14,16H2,1-2H3,(H,24,25,26). The van der Waals surface area contributed by atoms with E-state index in [1.807, 2.05) is 24.9 Å². The van der Waals surface area contributed by atoms with Crippen molar-refractivity contribution in [2.75, 3.05) is 38.6 Å². The summed E-state index contributed by atoms with van der Waals surface area (Å²) in [6.07, 6.45) is 8.61. The number of anilines is 1. The largest absolute Gasteiger partial charge is 0.466 e. The van der Waals surface area contributed by atoms with Gasteiger partial charge in [0.15, 0.2) is 5.65 Å². The quantitative estimate of drug-likeness (QED) is 0.564. The van der Waals surface area contributed by atoms with E-state index in [1.54, 1.807) is 0 Å². The first kappa shape index (κ1) is 21.6. The highest BCUT2D eigenvalue weighted by Crippen LogP contribution is 2.27. The van der Waals surface area contributed by atoms with Crippen molar-refractivity contribution in [1.29, 1.82) is 0 Å². The van der Waals surface area contributed by atoms with Crippen LogP contribution in [0.5, 0.6) is 0 Å². The Morgan fingerprint density at radius 3 is 2.74 bits per heavy atom. The second-order valence-corrected chi connectivity index (χ2v) is 8.47. The number of ether oxygens (including phenoxy) is 1. The van der Waals surface area contributed by atoms with Crippen LogP contribution in [0, 0.1) is 23.7 Å². The molecule has 2 aromatic heterocycles. The van der Waals surface area contributed by atoms with E-state index >= 15 is 0 Å². The fourth-order valence-electron chi connectivity index (χ4n) is 4.56. The average molecular weight is 425 g/mol. The minimum Gasteiger partial charge on any atom is -0.466 e. The molecular formula is C23H32N6O2. The number of aromatic nitrogens is 4. The molecule has 0 unspecified atom stereocenters. The Hall–Kier alpha value is -2.66. The van der Waals surface area contributed by atoms with Gasteiger partial charge in [0, 0.05) is 19.8 Å². The fourth-order valence-corrected chi connectivity index (χ4v) is 4.56. The normalized spacial score (nSPS) is 18.1. The van der Waals surface area contributed by atoms with Crippen molar-refractivity contribution in [1.82, 2.24) is 24.6 Å². The van der Waals surface area contributed by atoms with Crippen LogP contribution in [-0.4, -0.2) is 63.9 Å². The number of rotatable bonds is 6. The predicted molar refractivity (Wildman–Crippen MR) is 120 cm³/mol. The van der Waals surface area contributed by atoms with Gasteiger partial charge in [-0.1, -0.05) is 18.8 Å². The lowest BCUT2D eigenvalue weighted by molar-refractivity contribution is -0.149. The zero-order valence-corrected chi connectivity index (χ0v) is 18.6. The molecule has 2 fully saturated rings. The molecule has 1 aliphatic heterocycles. The van der Waals surface area contributed by atoms with Gasteiger partial charge in [0.05, 0.1) is 24.5 Å². The zero-order chi connectivity index (χ0) is 21.6. The highest BCUT2D eigenvalue weighted by atomic mass is 16.5. The summed E-state index contributed by atoms with van der Waals surface area (Å²) in [4.78, 5) is 23.2. The molecule has 2 aliphatic rings. The van der Waals surface area contributed by atoms with Gasteiger partial charge < -0.3 is 10.1 Å². The third-order valence-electron chi connectivity index (χ3n) is 6.34. The van der Waals surface area contributed by atoms with Crippen LogP contribution in [0.15, 0.2) is 6.20 Å². The molecule has 1 aliphatic carbocycles. The van der Waals surface area contributed by atoms with E-state index in [-0.39, 0.29) is 11.9 Å². The molecule has 166 valence electrons. The van der Waals surface area contributed by atoms with Crippen LogP contribution in [0.4, 0.5) is 5.95 Å². The second-order valence-electron chi connectivity index (χ2n) is 8.47. The number of hydrogen-bond acceptors (Lipinski definition) is 7. The molecule has 8 heteroatoms. The minimum atomic E-state index is -0.0616. The van der Waals surface area contributed by atoms with E-state index < -0.39 is 0 Å². The molecule has 0 atom stereocenters. The summed E-state index contributed by atoms with van der Waals surface area (Å²) in [6, 6.07) is 0. The monoisotopic (exact) mass is 424 g/mol. The fraction of sp³-hybridized carbons (Fsp3) is 0.652. The van der Waals surface area contributed by atoms with Crippen molar-refractivity contribution < 1.29 is 9.53 Å². The van der Waals surface area contributed by atoms with Crippen LogP contribution in [0.25, 0.3) is 11.0 Å². The summed E-state index contributed by atoms with van der Waals surface area (Å²) in [7, 11) is 1.82. The lowest BCUT2D eigenvalue weighted by Gasteiger charge is -2.29. The third kappa shape index (κ3) is 5.16. The first-order chi connectivity index (χ1) is 15.2. The molecule has 1 saturated heterocycles. The Morgan fingerprint density at radius 1 is 1.26 bits per heavy atom. The maximum atomic E-state index is 11.9. The van der Waals surface area contributed by atoms with E-state index in [0.29, 0.717) is 25.0 Å². The third-order valence-corrected chi connectivity index (χ3v) is 6.34. The Balaban J connectivity index is 1.44. The van der Waals surface area contributed by atoms with Gasteiger partial charge in [-0.15, -0.1) is 0 Å². The molecule has 2 aromatic rings. The van der Waals surface area contributed by atoms with Crippen LogP contribution in [0.1, 0.15) is 51.1 Å². The number of carbonyl (C=O) groups excluding carboxylic acids is 1. The molecule has 3 heterocycles. The van der Waals surface area contributed by atoms with Crippen molar-refractivity contribution in [3.8, 4) is 11.8 Å². The summed E-state index contributed by atoms with van der Waals surface area (Å²) in [5.74, 6) is 7.77. The van der Waals surface area contributed by atoms with Gasteiger partial charge in [-0.3, -0.25) is 9.69 Å². The Morgan fingerprint density at radius 2 is 2.03 bits per heavy atom. The van der Waals surface area contributed by atoms with E-state index in [2.05, 4.69) is 32.0 Å². The van der Waals surface area contributed by atoms with Gasteiger partial charge in [0.2, 0.25) is 5.95 Å². The predicted octanol–water partition coefficient (Wildman–Crippen LogP) is 2.68. The van der Waals surface area contributed by atoms with Crippen molar-refractivity contribution >= 4 is 23.0 Å². The highest BCUT2D eigenvalue weighted by Gasteiger charge is 2.25. The number of carbonyl (C=O) groups is 1. The molecule has 0 spiro atoms. The smallest absolute Gasteiger partial charge is 0.309 e. The molecule has 1 N–H and O–H groups in total. The lowest BCUT2D eigenvalue weighted by atomic mass is 9.97. The number of esters is 1. The minimum absolute atomic E-state index is 0.0258. The lowest BCUT2D eigenvalue weighted by Crippen LogP contribution is -2.37. The van der Waals surface area contributed by atoms with Gasteiger partial charge >= 0.3 is 5.97 Å². The topological polar surface area (TPSA) is 85.2 Å². The van der Waals surface area contributed by atoms with E-state index in [1.165, 1.54) is 25.7 Å². The molecule has 4 rings (SSSR count). The summed E-state index contributed by atoms with van der Waals surface area (Å²) in [5.41, 5.74) is 1.60. The number of fused-ring (bicyclic) bond motifs is 1. The summed E-state index contributed by atoms with van der Waals surface area (Å²) in [5, 5.41) is 8.72. The van der Waals surface area contributed by atoms with Crippen LogP contribution in [0.2, 0.25) is 0 Å². The SMILES string of the molecule is CCOC(=O)C1CCN(CC#Cc2nn(CC3CCCC3)c3nc(NC)ncc23)CC1. The van der Waals surface area contributed by atoms with Crippen molar-refractivity contribution in [3.05, 3.63) is 11.9 Å². The van der Waals surface area contributed by atoms with Gasteiger partial charge in [-0.2, -0.15) is 10.1 Å². The highest BCUT2D eigenvalue weighted by molar-refractivity contribution is 5.81. The van der Waals surface area contributed by atoms with Crippen LogP contribution in [0.3, 0.4) is 0 Å². The first-order valence-electron chi connectivity index (χ1n) is 11.5. The molecule has 8 nitrogen and oxygen atoms in total. The van der Waals surface area contributed by atoms with Gasteiger partial charge in [0.25, 0.3) is 0 Å². The Kier molecular flexibility index (Phi) is 7.03. The van der Waals surface area contributed by atoms with E-state index in [4.69, 9.17) is 9.84 Å². The number of likely N-dealkylation sites (tertiary alicyclic amines) is 1. The maximum absolute atomic E-state index is 11.9. The number of nitrogens with one attached hydrogen (secondary N) is 1. The second kappa shape index (κ2) is 10.1. The van der Waals surface area contributed by atoms with E-state index in [9.17, 15) is 4.79 Å². The summed E-state index contributed by atoms with van der Waals surface area (Å²) < 4.78 is 7.17. The van der Waals surface area contributed by atoms with Crippen LogP contribution in [-0.2, 0) is 16.1 Å². The van der Waals surface area contributed by atoms with Gasteiger partial charge in [-0.25, -0.2) is 9.67 Å². The van der Waals surface area contributed by atoms with Gasteiger partial charge in [-0.05, 0) is 57.5 Å². The van der Waals surface area contributed by atoms with Crippen LogP contribution < -0.4 is 5.32 Å². The van der Waals surface area contributed by atoms with Crippen molar-refractivity contribution in [3.63, 3.8) is 0 Å². The molecule has 0 amide bonds. The molecule has 1 saturated carbocycles. The molecule has 0 aromatic carbocycles. The molecule has 0 radical (unpaired) electrons. The summed E-state index contributed by atoms with van der Waals surface area (Å²) >= 11 is 0. The van der Waals surface area contributed by atoms with Crippen molar-refractivity contribution in [2.45, 2.75) is 52.0 Å². The van der Waals surface area contributed by atoms with E-state index in [0.717, 1.165) is 49.2 Å². The van der Waals surface area contributed by atoms with Crippen LogP contribution >= 0.6 is 0 Å². The Bertz CT molecular complexity index is 962. The average Bonchev–Trinajstić information content (AvgIpc) is 3.42. The first-order valence-corrected chi connectivity index (χ1v) is 11.5.